The smallest absolute Gasteiger partial charge is 0.323 e. The van der Waals surface area contributed by atoms with Gasteiger partial charge in [-0.1, -0.05) is 24.3 Å². The van der Waals surface area contributed by atoms with Gasteiger partial charge in [0.2, 0.25) is 5.91 Å². The normalized spacial score (nSPS) is 17.7. The van der Waals surface area contributed by atoms with E-state index in [1.165, 1.54) is 4.90 Å². The molecule has 2 amide bonds. The molecule has 2 aromatic heterocycles. The van der Waals surface area contributed by atoms with Crippen LogP contribution >= 0.6 is 12.4 Å². The average molecular weight is 563 g/mol. The molecule has 0 unspecified atom stereocenters. The number of carbonyl (C=O) groups is 2. The SMILES string of the molecule is Cc1cnccc1-c1cccc(C[C@H](N)C(=O)N(C(=O)C2CCC(CN)CC2)c2ccc3[nH]c(=O)[nH]c3c2)c1.Cl. The van der Waals surface area contributed by atoms with Gasteiger partial charge >= 0.3 is 5.69 Å². The highest BCUT2D eigenvalue weighted by molar-refractivity contribution is 6.17. The predicted molar refractivity (Wildman–Crippen MR) is 159 cm³/mol. The van der Waals surface area contributed by atoms with Crippen LogP contribution in [0.25, 0.3) is 22.2 Å². The lowest BCUT2D eigenvalue weighted by molar-refractivity contribution is -0.130. The zero-order chi connectivity index (χ0) is 27.5. The molecule has 40 heavy (non-hydrogen) atoms. The average Bonchev–Trinajstić information content (AvgIpc) is 3.33. The van der Waals surface area contributed by atoms with E-state index in [9.17, 15) is 14.4 Å². The molecule has 1 atom stereocenters. The van der Waals surface area contributed by atoms with Crippen LogP contribution in [0.5, 0.6) is 0 Å². The molecule has 210 valence electrons. The number of imide groups is 1. The van der Waals surface area contributed by atoms with Crippen molar-refractivity contribution < 1.29 is 9.59 Å². The van der Waals surface area contributed by atoms with Crippen molar-refractivity contribution in [2.75, 3.05) is 11.4 Å². The third kappa shape index (κ3) is 6.17. The van der Waals surface area contributed by atoms with Crippen molar-refractivity contribution in [3.8, 4) is 11.1 Å². The molecular weight excluding hydrogens is 528 g/mol. The number of amides is 2. The number of fused-ring (bicyclic) bond motifs is 1. The van der Waals surface area contributed by atoms with E-state index >= 15 is 0 Å². The lowest BCUT2D eigenvalue weighted by atomic mass is 9.81. The lowest BCUT2D eigenvalue weighted by Crippen LogP contribution is -2.50. The summed E-state index contributed by atoms with van der Waals surface area (Å²) in [5.41, 5.74) is 17.5. The largest absolute Gasteiger partial charge is 0.330 e. The van der Waals surface area contributed by atoms with Gasteiger partial charge < -0.3 is 21.4 Å². The number of nitrogens with one attached hydrogen (secondary N) is 2. The maximum Gasteiger partial charge on any atom is 0.323 e. The molecule has 4 aromatic rings. The Morgan fingerprint density at radius 1 is 1.05 bits per heavy atom. The fourth-order valence-electron chi connectivity index (χ4n) is 5.52. The molecule has 1 aliphatic rings. The van der Waals surface area contributed by atoms with Crippen LogP contribution in [0.2, 0.25) is 0 Å². The number of nitrogens with zero attached hydrogens (tertiary/aromatic N) is 2. The third-order valence-corrected chi connectivity index (χ3v) is 7.76. The molecule has 0 spiro atoms. The minimum atomic E-state index is -0.941. The summed E-state index contributed by atoms with van der Waals surface area (Å²) < 4.78 is 0. The fourth-order valence-corrected chi connectivity index (χ4v) is 5.52. The molecule has 9 nitrogen and oxygen atoms in total. The molecule has 0 saturated heterocycles. The molecule has 1 saturated carbocycles. The Morgan fingerprint density at radius 2 is 1.80 bits per heavy atom. The summed E-state index contributed by atoms with van der Waals surface area (Å²) in [4.78, 5) is 50.3. The second-order valence-electron chi connectivity index (χ2n) is 10.5. The highest BCUT2D eigenvalue weighted by atomic mass is 35.5. The van der Waals surface area contributed by atoms with Crippen LogP contribution in [0.3, 0.4) is 0 Å². The highest BCUT2D eigenvalue weighted by Gasteiger charge is 2.35. The van der Waals surface area contributed by atoms with Crippen LogP contribution in [-0.2, 0) is 16.0 Å². The number of H-pyrrole nitrogens is 2. The number of halogens is 1. The first-order chi connectivity index (χ1) is 18.8. The summed E-state index contributed by atoms with van der Waals surface area (Å²) in [6.07, 6.45) is 6.90. The quantitative estimate of drug-likeness (QED) is 0.268. The number of hydrogen-bond donors (Lipinski definition) is 4. The van der Waals surface area contributed by atoms with Crippen LogP contribution in [0.15, 0.2) is 65.7 Å². The number of benzene rings is 2. The highest BCUT2D eigenvalue weighted by Crippen LogP contribution is 2.32. The number of anilines is 1. The van der Waals surface area contributed by atoms with Crippen LogP contribution < -0.4 is 22.1 Å². The second kappa shape index (κ2) is 12.6. The first-order valence-electron chi connectivity index (χ1n) is 13.4. The number of hydrogen-bond acceptors (Lipinski definition) is 6. The van der Waals surface area contributed by atoms with Crippen molar-refractivity contribution in [3.05, 3.63) is 82.5 Å². The molecule has 1 fully saturated rings. The maximum atomic E-state index is 13.9. The van der Waals surface area contributed by atoms with Gasteiger partial charge in [0.25, 0.3) is 5.91 Å². The molecule has 10 heteroatoms. The van der Waals surface area contributed by atoms with E-state index in [4.69, 9.17) is 11.5 Å². The first-order valence-corrected chi connectivity index (χ1v) is 13.4. The number of aryl methyl sites for hydroxylation is 1. The summed E-state index contributed by atoms with van der Waals surface area (Å²) in [5, 5.41) is 0. The Kier molecular flexibility index (Phi) is 9.19. The summed E-state index contributed by atoms with van der Waals surface area (Å²) in [6, 6.07) is 13.9. The lowest BCUT2D eigenvalue weighted by Gasteiger charge is -2.32. The van der Waals surface area contributed by atoms with Crippen LogP contribution in [-0.4, -0.2) is 39.4 Å². The van der Waals surface area contributed by atoms with Gasteiger partial charge in [0.15, 0.2) is 0 Å². The zero-order valence-corrected chi connectivity index (χ0v) is 23.2. The number of carbonyl (C=O) groups excluding carboxylic acids is 2. The zero-order valence-electron chi connectivity index (χ0n) is 22.4. The Hall–Kier alpha value is -3.79. The Balaban J connectivity index is 0.00000370. The number of pyridine rings is 1. The van der Waals surface area contributed by atoms with Crippen molar-refractivity contribution >= 4 is 40.9 Å². The van der Waals surface area contributed by atoms with Crippen LogP contribution in [0.4, 0.5) is 5.69 Å². The van der Waals surface area contributed by atoms with E-state index in [1.54, 1.807) is 24.4 Å². The first kappa shape index (κ1) is 29.2. The van der Waals surface area contributed by atoms with E-state index < -0.39 is 11.9 Å². The van der Waals surface area contributed by atoms with Gasteiger partial charge in [-0.05, 0) is 98.0 Å². The van der Waals surface area contributed by atoms with E-state index in [2.05, 4.69) is 15.0 Å². The Bertz CT molecular complexity index is 1560. The minimum absolute atomic E-state index is 0. The maximum absolute atomic E-state index is 13.9. The van der Waals surface area contributed by atoms with Crippen LogP contribution in [0, 0.1) is 18.8 Å². The number of imidazole rings is 1. The molecule has 6 N–H and O–H groups in total. The van der Waals surface area contributed by atoms with Gasteiger partial charge in [0, 0.05) is 18.3 Å². The van der Waals surface area contributed by atoms with Crippen molar-refractivity contribution in [1.82, 2.24) is 15.0 Å². The number of rotatable bonds is 7. The summed E-state index contributed by atoms with van der Waals surface area (Å²) in [7, 11) is 0. The van der Waals surface area contributed by atoms with E-state index in [1.807, 2.05) is 43.5 Å². The van der Waals surface area contributed by atoms with Gasteiger partial charge in [-0.15, -0.1) is 12.4 Å². The molecular formula is C30H35ClN6O3. The molecule has 0 aliphatic heterocycles. The summed E-state index contributed by atoms with van der Waals surface area (Å²) in [5.74, 6) is -0.617. The second-order valence-corrected chi connectivity index (χ2v) is 10.5. The Labute approximate surface area is 238 Å². The van der Waals surface area contributed by atoms with Gasteiger partial charge in [-0.2, -0.15) is 0 Å². The van der Waals surface area contributed by atoms with Gasteiger partial charge in [0.1, 0.15) is 0 Å². The van der Waals surface area contributed by atoms with E-state index in [-0.39, 0.29) is 36.3 Å². The molecule has 5 rings (SSSR count). The molecule has 0 radical (unpaired) electrons. The van der Waals surface area contributed by atoms with Gasteiger partial charge in [-0.25, -0.2) is 9.69 Å². The van der Waals surface area contributed by atoms with Crippen molar-refractivity contribution in [2.45, 2.75) is 45.1 Å². The fraction of sp³-hybridized carbons (Fsp3) is 0.333. The number of nitrogens with two attached hydrogens (primary N) is 2. The minimum Gasteiger partial charge on any atom is -0.330 e. The van der Waals surface area contributed by atoms with Gasteiger partial charge in [-0.3, -0.25) is 14.6 Å². The molecule has 1 aliphatic carbocycles. The van der Waals surface area contributed by atoms with Crippen molar-refractivity contribution in [1.29, 1.82) is 0 Å². The standard InChI is InChI=1S/C30H34N6O3.ClH/c1-18-17-33-12-11-24(18)22-4-2-3-20(13-22)14-25(32)29(38)36(28(37)21-7-5-19(16-31)6-8-21)23-9-10-26-27(15-23)35-30(39)34-26;/h2-4,9-13,15,17,19,21,25H,5-8,14,16,31-32H2,1H3,(H2,34,35,39);1H/t19?,21?,25-;/m0./s1. The molecule has 2 aromatic carbocycles. The topological polar surface area (TPSA) is 151 Å². The van der Waals surface area contributed by atoms with E-state index in [0.717, 1.165) is 35.1 Å². The molecule has 0 bridgehead atoms. The monoisotopic (exact) mass is 562 g/mol. The summed E-state index contributed by atoms with van der Waals surface area (Å²) in [6.45, 7) is 2.60. The van der Waals surface area contributed by atoms with Crippen molar-refractivity contribution in [3.63, 3.8) is 0 Å². The predicted octanol–water partition coefficient (Wildman–Crippen LogP) is 3.84. The van der Waals surface area contributed by atoms with Crippen LogP contribution in [0.1, 0.15) is 36.8 Å². The molecule has 2 heterocycles. The van der Waals surface area contributed by atoms with Crippen molar-refractivity contribution in [2.24, 2.45) is 23.3 Å². The number of aromatic nitrogens is 3. The third-order valence-electron chi connectivity index (χ3n) is 7.76. The summed E-state index contributed by atoms with van der Waals surface area (Å²) >= 11 is 0. The Morgan fingerprint density at radius 3 is 2.52 bits per heavy atom. The van der Waals surface area contributed by atoms with E-state index in [0.29, 0.717) is 42.0 Å². The van der Waals surface area contributed by atoms with Gasteiger partial charge in [0.05, 0.1) is 22.8 Å². The number of aromatic amines is 2.